The van der Waals surface area contributed by atoms with Crippen LogP contribution < -0.4 is 0 Å². The number of likely N-dealkylation sites (tertiary alicyclic amines) is 1. The van der Waals surface area contributed by atoms with Gasteiger partial charge in [-0.2, -0.15) is 0 Å². The van der Waals surface area contributed by atoms with E-state index in [1.54, 1.807) is 0 Å². The Morgan fingerprint density at radius 2 is 2.26 bits per heavy atom. The number of nitrogens with one attached hydrogen (secondary N) is 1. The Hall–Kier alpha value is -1.81. The predicted molar refractivity (Wildman–Crippen MR) is 92.1 cm³/mol. The number of H-pyrrole nitrogens is 1. The number of aromatic nitrogens is 1. The van der Waals surface area contributed by atoms with Crippen LogP contribution in [0.15, 0.2) is 29.4 Å². The van der Waals surface area contributed by atoms with Crippen molar-refractivity contribution >= 4 is 16.8 Å². The lowest BCUT2D eigenvalue weighted by atomic mass is 9.72. The molecule has 0 spiro atoms. The zero-order chi connectivity index (χ0) is 15.6. The van der Waals surface area contributed by atoms with Crippen LogP contribution in [-0.2, 0) is 11.2 Å². The first kappa shape index (κ1) is 13.6. The Balaban J connectivity index is 1.56. The zero-order valence-electron chi connectivity index (χ0n) is 13.7. The second kappa shape index (κ2) is 4.84. The Morgan fingerprint density at radius 1 is 1.35 bits per heavy atom. The van der Waals surface area contributed by atoms with Crippen molar-refractivity contribution in [1.82, 2.24) is 9.88 Å². The van der Waals surface area contributed by atoms with E-state index in [2.05, 4.69) is 48.3 Å². The molecular weight excluding hydrogens is 286 g/mol. The number of hydrogen-bond donors (Lipinski definition) is 1. The van der Waals surface area contributed by atoms with Crippen LogP contribution in [0.4, 0.5) is 0 Å². The van der Waals surface area contributed by atoms with Gasteiger partial charge in [-0.25, -0.2) is 4.99 Å². The van der Waals surface area contributed by atoms with Crippen molar-refractivity contribution in [3.05, 3.63) is 35.5 Å². The average molecular weight is 309 g/mol. The molecule has 4 heteroatoms. The number of piperidine rings is 1. The maximum Gasteiger partial charge on any atom is 0.188 e. The van der Waals surface area contributed by atoms with E-state index in [1.807, 2.05) is 0 Å². The number of nitrogens with zero attached hydrogens (tertiary/aromatic N) is 2. The molecule has 1 fully saturated rings. The first-order chi connectivity index (χ1) is 11.2. The number of hydrogen-bond acceptors (Lipinski definition) is 3. The van der Waals surface area contributed by atoms with Gasteiger partial charge in [0, 0.05) is 41.5 Å². The van der Waals surface area contributed by atoms with E-state index < -0.39 is 0 Å². The Kier molecular flexibility index (Phi) is 2.87. The van der Waals surface area contributed by atoms with Gasteiger partial charge in [-0.1, -0.05) is 12.1 Å². The third-order valence-electron chi connectivity index (χ3n) is 5.89. The van der Waals surface area contributed by atoms with Crippen LogP contribution in [0.25, 0.3) is 10.9 Å². The standard InChI is InChI=1S/C19H23N3O/c1-11-10-23-19(21-11)13-6-15-14-4-3-5-16-18(14)12(8-20-16)7-17(15)22(2)9-13/h3-5,8,11,13,15,17,20H,6-7,9-10H2,1-2H3/t11-,13?,15-,17-/m1/s1. The summed E-state index contributed by atoms with van der Waals surface area (Å²) in [5, 5.41) is 1.46. The lowest BCUT2D eigenvalue weighted by molar-refractivity contribution is 0.126. The van der Waals surface area contributed by atoms with Crippen molar-refractivity contribution in [1.29, 1.82) is 0 Å². The topological polar surface area (TPSA) is 40.6 Å². The molecule has 1 N–H and O–H groups in total. The third-order valence-corrected chi connectivity index (χ3v) is 5.89. The fourth-order valence-electron chi connectivity index (χ4n) is 4.84. The van der Waals surface area contributed by atoms with Gasteiger partial charge in [0.2, 0.25) is 0 Å². The highest BCUT2D eigenvalue weighted by atomic mass is 16.5. The van der Waals surface area contributed by atoms with E-state index in [4.69, 9.17) is 9.73 Å². The Labute approximate surface area is 136 Å². The molecule has 4 atom stereocenters. The fraction of sp³-hybridized carbons (Fsp3) is 0.526. The summed E-state index contributed by atoms with van der Waals surface area (Å²) in [7, 11) is 2.26. The highest BCUT2D eigenvalue weighted by Gasteiger charge is 2.41. The van der Waals surface area contributed by atoms with Gasteiger partial charge in [-0.3, -0.25) is 0 Å². The van der Waals surface area contributed by atoms with Gasteiger partial charge in [0.1, 0.15) is 6.61 Å². The lowest BCUT2D eigenvalue weighted by Gasteiger charge is -2.45. The van der Waals surface area contributed by atoms with Gasteiger partial charge in [0.25, 0.3) is 0 Å². The molecule has 0 amide bonds. The Bertz CT molecular complexity index is 793. The summed E-state index contributed by atoms with van der Waals surface area (Å²) < 4.78 is 5.88. The maximum absolute atomic E-state index is 5.88. The summed E-state index contributed by atoms with van der Waals surface area (Å²) in [6.45, 7) is 3.94. The molecular formula is C19H23N3O. The van der Waals surface area contributed by atoms with Crippen molar-refractivity contribution in [3.8, 4) is 0 Å². The van der Waals surface area contributed by atoms with Gasteiger partial charge in [-0.05, 0) is 44.0 Å². The van der Waals surface area contributed by atoms with Gasteiger partial charge < -0.3 is 14.6 Å². The van der Waals surface area contributed by atoms with Crippen LogP contribution in [0.1, 0.15) is 30.4 Å². The van der Waals surface area contributed by atoms with Crippen LogP contribution in [0.2, 0.25) is 0 Å². The summed E-state index contributed by atoms with van der Waals surface area (Å²) in [5.74, 6) is 2.00. The van der Waals surface area contributed by atoms with Crippen LogP contribution in [0, 0.1) is 5.92 Å². The van der Waals surface area contributed by atoms with E-state index in [0.29, 0.717) is 23.9 Å². The first-order valence-electron chi connectivity index (χ1n) is 8.70. The number of rotatable bonds is 1. The highest BCUT2D eigenvalue weighted by molar-refractivity contribution is 5.88. The normalized spacial score (nSPS) is 33.4. The molecule has 23 heavy (non-hydrogen) atoms. The molecule has 2 aliphatic heterocycles. The molecule has 1 aromatic heterocycles. The molecule has 1 aliphatic carbocycles. The quantitative estimate of drug-likeness (QED) is 0.880. The molecule has 4 nitrogen and oxygen atoms in total. The summed E-state index contributed by atoms with van der Waals surface area (Å²) in [6.07, 6.45) is 4.51. The molecule has 5 rings (SSSR count). The minimum absolute atomic E-state index is 0.319. The number of benzene rings is 1. The second-order valence-electron chi connectivity index (χ2n) is 7.46. The molecule has 3 aliphatic rings. The highest BCUT2D eigenvalue weighted by Crippen LogP contribution is 2.44. The summed E-state index contributed by atoms with van der Waals surface area (Å²) >= 11 is 0. The summed E-state index contributed by atoms with van der Waals surface area (Å²) in [4.78, 5) is 10.7. The molecule has 1 saturated heterocycles. The van der Waals surface area contributed by atoms with E-state index >= 15 is 0 Å². The van der Waals surface area contributed by atoms with E-state index in [0.717, 1.165) is 31.9 Å². The Morgan fingerprint density at radius 3 is 3.09 bits per heavy atom. The fourth-order valence-corrected chi connectivity index (χ4v) is 4.84. The number of likely N-dealkylation sites (N-methyl/N-ethyl adjacent to an activating group) is 1. The van der Waals surface area contributed by atoms with Crippen LogP contribution >= 0.6 is 0 Å². The van der Waals surface area contributed by atoms with Crippen molar-refractivity contribution in [2.45, 2.75) is 37.8 Å². The van der Waals surface area contributed by atoms with Gasteiger partial charge in [0.05, 0.1) is 6.04 Å². The smallest absolute Gasteiger partial charge is 0.188 e. The molecule has 1 unspecified atom stereocenters. The molecule has 0 saturated carbocycles. The van der Waals surface area contributed by atoms with Gasteiger partial charge in [0.15, 0.2) is 5.90 Å². The maximum atomic E-state index is 5.88. The van der Waals surface area contributed by atoms with Crippen molar-refractivity contribution in [2.24, 2.45) is 10.9 Å². The summed E-state index contributed by atoms with van der Waals surface area (Å²) in [6, 6.07) is 7.62. The van der Waals surface area contributed by atoms with Gasteiger partial charge in [-0.15, -0.1) is 0 Å². The molecule has 120 valence electrons. The van der Waals surface area contributed by atoms with E-state index in [1.165, 1.54) is 22.0 Å². The van der Waals surface area contributed by atoms with E-state index in [-0.39, 0.29) is 0 Å². The molecule has 1 aromatic carbocycles. The first-order valence-corrected chi connectivity index (χ1v) is 8.70. The molecule has 0 bridgehead atoms. The van der Waals surface area contributed by atoms with Crippen LogP contribution in [-0.4, -0.2) is 48.1 Å². The van der Waals surface area contributed by atoms with Crippen LogP contribution in [0.5, 0.6) is 0 Å². The van der Waals surface area contributed by atoms with E-state index in [9.17, 15) is 0 Å². The number of ether oxygens (including phenoxy) is 1. The second-order valence-corrected chi connectivity index (χ2v) is 7.46. The average Bonchev–Trinajstić information content (AvgIpc) is 3.16. The minimum atomic E-state index is 0.319. The molecule has 2 aromatic rings. The molecule has 3 heterocycles. The van der Waals surface area contributed by atoms with Crippen molar-refractivity contribution < 1.29 is 4.74 Å². The van der Waals surface area contributed by atoms with Crippen LogP contribution in [0.3, 0.4) is 0 Å². The van der Waals surface area contributed by atoms with Gasteiger partial charge >= 0.3 is 0 Å². The minimum Gasteiger partial charge on any atom is -0.478 e. The predicted octanol–water partition coefficient (Wildman–Crippen LogP) is 2.95. The number of aliphatic imine (C=N–C) groups is 1. The lowest BCUT2D eigenvalue weighted by Crippen LogP contribution is -2.49. The molecule has 0 radical (unpaired) electrons. The largest absolute Gasteiger partial charge is 0.478 e. The summed E-state index contributed by atoms with van der Waals surface area (Å²) in [5.41, 5.74) is 4.27. The number of fused-ring (bicyclic) bond motifs is 2. The van der Waals surface area contributed by atoms with Crippen molar-refractivity contribution in [3.63, 3.8) is 0 Å². The zero-order valence-corrected chi connectivity index (χ0v) is 13.7. The van der Waals surface area contributed by atoms with Crippen molar-refractivity contribution in [2.75, 3.05) is 20.2 Å². The number of aromatic amines is 1. The third kappa shape index (κ3) is 1.97. The monoisotopic (exact) mass is 309 g/mol. The SMILES string of the molecule is C[C@@H]1COC(C2C[C@@H]3c4cccc5[nH]cc(c45)C[C@H]3N(C)C2)=N1.